The van der Waals surface area contributed by atoms with Crippen molar-refractivity contribution in [3.8, 4) is 0 Å². The summed E-state index contributed by atoms with van der Waals surface area (Å²) in [4.78, 5) is 0. The van der Waals surface area contributed by atoms with Crippen molar-refractivity contribution in [2.24, 2.45) is 17.3 Å². The fraction of sp³-hybridized carbons (Fsp3) is 1.00. The molecule has 2 bridgehead atoms. The molecule has 3 fully saturated rings. The Morgan fingerprint density at radius 1 is 1.20 bits per heavy atom. The first kappa shape index (κ1) is 10.1. The van der Waals surface area contributed by atoms with Crippen LogP contribution in [0.25, 0.3) is 0 Å². The number of fused-ring (bicyclic) bond motifs is 2. The highest BCUT2D eigenvalue weighted by molar-refractivity contribution is 5.02. The molecule has 0 radical (unpaired) electrons. The lowest BCUT2D eigenvalue weighted by molar-refractivity contribution is 0.141. The van der Waals surface area contributed by atoms with Crippen LogP contribution in [-0.2, 0) is 0 Å². The van der Waals surface area contributed by atoms with Gasteiger partial charge in [0.15, 0.2) is 0 Å². The van der Waals surface area contributed by atoms with Gasteiger partial charge in [0, 0.05) is 12.6 Å². The van der Waals surface area contributed by atoms with Crippen molar-refractivity contribution in [2.45, 2.75) is 64.3 Å². The van der Waals surface area contributed by atoms with E-state index in [1.165, 1.54) is 38.6 Å². The Bertz CT molecular complexity index is 233. The van der Waals surface area contributed by atoms with E-state index in [9.17, 15) is 0 Å². The van der Waals surface area contributed by atoms with Crippen LogP contribution in [0.5, 0.6) is 0 Å². The lowest BCUT2D eigenvalue weighted by Gasteiger charge is -2.38. The Morgan fingerprint density at radius 3 is 2.60 bits per heavy atom. The lowest BCUT2D eigenvalue weighted by Crippen LogP contribution is -2.39. The summed E-state index contributed by atoms with van der Waals surface area (Å²) < 4.78 is 0. The summed E-state index contributed by atoms with van der Waals surface area (Å²) in [6, 6.07) is 0.901. The summed E-state index contributed by atoms with van der Waals surface area (Å²) in [5, 5.41) is 3.81. The fourth-order valence-corrected chi connectivity index (χ4v) is 4.30. The Morgan fingerprint density at radius 2 is 2.07 bits per heavy atom. The molecule has 3 atom stereocenters. The molecule has 1 nitrogen and oxygen atoms in total. The van der Waals surface area contributed by atoms with Crippen LogP contribution in [0, 0.1) is 17.3 Å². The highest BCUT2D eigenvalue weighted by Crippen LogP contribution is 2.57. The molecule has 3 unspecified atom stereocenters. The Hall–Kier alpha value is -0.0400. The highest BCUT2D eigenvalue weighted by atomic mass is 15.0. The SMILES string of the molecule is CCCC1(CNC2CC2)CC2CCC1C2. The Kier molecular flexibility index (Phi) is 2.54. The maximum Gasteiger partial charge on any atom is 0.00684 e. The minimum Gasteiger partial charge on any atom is -0.313 e. The van der Waals surface area contributed by atoms with Crippen molar-refractivity contribution >= 4 is 0 Å². The monoisotopic (exact) mass is 207 g/mol. The van der Waals surface area contributed by atoms with Crippen molar-refractivity contribution in [1.29, 1.82) is 0 Å². The van der Waals surface area contributed by atoms with Gasteiger partial charge >= 0.3 is 0 Å². The number of hydrogen-bond donors (Lipinski definition) is 1. The zero-order valence-corrected chi connectivity index (χ0v) is 10.1. The molecule has 0 aromatic carbocycles. The van der Waals surface area contributed by atoms with Crippen molar-refractivity contribution in [3.63, 3.8) is 0 Å². The molecule has 3 aliphatic rings. The van der Waals surface area contributed by atoms with Gasteiger partial charge in [0.2, 0.25) is 0 Å². The molecule has 1 N–H and O–H groups in total. The first-order valence-corrected chi connectivity index (χ1v) is 7.06. The molecular formula is C14H25N. The lowest BCUT2D eigenvalue weighted by atomic mass is 9.70. The Labute approximate surface area is 94.0 Å². The zero-order chi connectivity index (χ0) is 10.3. The van der Waals surface area contributed by atoms with E-state index in [0.29, 0.717) is 0 Å². The molecule has 3 aliphatic carbocycles. The molecule has 86 valence electrons. The summed E-state index contributed by atoms with van der Waals surface area (Å²) in [6.07, 6.45) is 11.9. The van der Waals surface area contributed by atoms with E-state index in [1.54, 1.807) is 19.3 Å². The molecule has 0 spiro atoms. The summed E-state index contributed by atoms with van der Waals surface area (Å²) in [6.45, 7) is 3.71. The van der Waals surface area contributed by atoms with Crippen molar-refractivity contribution in [1.82, 2.24) is 5.32 Å². The van der Waals surface area contributed by atoms with E-state index >= 15 is 0 Å². The van der Waals surface area contributed by atoms with Gasteiger partial charge in [0.25, 0.3) is 0 Å². The molecular weight excluding hydrogens is 182 g/mol. The summed E-state index contributed by atoms with van der Waals surface area (Å²) >= 11 is 0. The standard InChI is InChI=1S/C14H25N/c1-2-7-14(10-15-13-5-6-13)9-11-3-4-12(14)8-11/h11-13,15H,2-10H2,1H3. The van der Waals surface area contributed by atoms with Gasteiger partial charge in [-0.15, -0.1) is 0 Å². The fourth-order valence-electron chi connectivity index (χ4n) is 4.30. The number of hydrogen-bond acceptors (Lipinski definition) is 1. The van der Waals surface area contributed by atoms with Crippen molar-refractivity contribution in [3.05, 3.63) is 0 Å². The molecule has 0 aliphatic heterocycles. The van der Waals surface area contributed by atoms with Crippen LogP contribution < -0.4 is 5.32 Å². The maximum absolute atomic E-state index is 3.81. The van der Waals surface area contributed by atoms with Crippen LogP contribution in [0.3, 0.4) is 0 Å². The molecule has 0 aromatic rings. The van der Waals surface area contributed by atoms with Crippen LogP contribution in [0.15, 0.2) is 0 Å². The normalized spacial score (nSPS) is 43.8. The third-order valence-electron chi connectivity index (χ3n) is 5.17. The predicted molar refractivity (Wildman–Crippen MR) is 63.8 cm³/mol. The summed E-state index contributed by atoms with van der Waals surface area (Å²) in [5.41, 5.74) is 0.722. The smallest absolute Gasteiger partial charge is 0.00684 e. The van der Waals surface area contributed by atoms with Gasteiger partial charge < -0.3 is 5.32 Å². The second-order valence-electron chi connectivity index (χ2n) is 6.35. The molecule has 0 aromatic heterocycles. The third kappa shape index (κ3) is 1.84. The number of rotatable bonds is 5. The molecule has 1 heteroatoms. The van der Waals surface area contributed by atoms with Crippen molar-refractivity contribution in [2.75, 3.05) is 6.54 Å². The largest absolute Gasteiger partial charge is 0.313 e. The molecule has 3 saturated carbocycles. The van der Waals surface area contributed by atoms with Gasteiger partial charge in [-0.2, -0.15) is 0 Å². The highest BCUT2D eigenvalue weighted by Gasteiger charge is 2.50. The second-order valence-corrected chi connectivity index (χ2v) is 6.35. The quantitative estimate of drug-likeness (QED) is 0.729. The van der Waals surface area contributed by atoms with Gasteiger partial charge in [-0.25, -0.2) is 0 Å². The molecule has 0 amide bonds. The average Bonchev–Trinajstić information content (AvgIpc) is 2.86. The van der Waals surface area contributed by atoms with E-state index in [1.807, 2.05) is 0 Å². The van der Waals surface area contributed by atoms with Gasteiger partial charge in [-0.1, -0.05) is 19.8 Å². The van der Waals surface area contributed by atoms with Crippen LogP contribution >= 0.6 is 0 Å². The van der Waals surface area contributed by atoms with Crippen LogP contribution in [0.4, 0.5) is 0 Å². The van der Waals surface area contributed by atoms with E-state index in [4.69, 9.17) is 0 Å². The predicted octanol–water partition coefficient (Wildman–Crippen LogP) is 3.34. The molecule has 3 rings (SSSR count). The van der Waals surface area contributed by atoms with Crippen LogP contribution in [-0.4, -0.2) is 12.6 Å². The van der Waals surface area contributed by atoms with Gasteiger partial charge in [0.1, 0.15) is 0 Å². The first-order chi connectivity index (χ1) is 7.32. The minimum atomic E-state index is 0.722. The Balaban J connectivity index is 1.64. The molecule has 15 heavy (non-hydrogen) atoms. The maximum atomic E-state index is 3.81. The van der Waals surface area contributed by atoms with E-state index in [0.717, 1.165) is 23.3 Å². The molecule has 0 heterocycles. The minimum absolute atomic E-state index is 0.722. The van der Waals surface area contributed by atoms with Crippen LogP contribution in [0.1, 0.15) is 58.3 Å². The van der Waals surface area contributed by atoms with E-state index < -0.39 is 0 Å². The summed E-state index contributed by atoms with van der Waals surface area (Å²) in [7, 11) is 0. The first-order valence-electron chi connectivity index (χ1n) is 7.06. The van der Waals surface area contributed by atoms with Gasteiger partial charge in [0.05, 0.1) is 0 Å². The van der Waals surface area contributed by atoms with Crippen LogP contribution in [0.2, 0.25) is 0 Å². The second kappa shape index (κ2) is 3.76. The van der Waals surface area contributed by atoms with E-state index in [2.05, 4.69) is 12.2 Å². The topological polar surface area (TPSA) is 12.0 Å². The zero-order valence-electron chi connectivity index (χ0n) is 10.1. The number of nitrogens with one attached hydrogen (secondary N) is 1. The third-order valence-corrected chi connectivity index (χ3v) is 5.17. The van der Waals surface area contributed by atoms with E-state index in [-0.39, 0.29) is 0 Å². The molecule has 0 saturated heterocycles. The summed E-state index contributed by atoms with van der Waals surface area (Å²) in [5.74, 6) is 2.18. The van der Waals surface area contributed by atoms with Crippen molar-refractivity contribution < 1.29 is 0 Å². The van der Waals surface area contributed by atoms with Gasteiger partial charge in [-0.3, -0.25) is 0 Å². The average molecular weight is 207 g/mol. The van der Waals surface area contributed by atoms with Gasteiger partial charge in [-0.05, 0) is 55.8 Å².